The number of rotatable bonds is 10. The van der Waals surface area contributed by atoms with Gasteiger partial charge in [0.15, 0.2) is 0 Å². The summed E-state index contributed by atoms with van der Waals surface area (Å²) in [5.41, 5.74) is 2.92. The smallest absolute Gasteiger partial charge is 0.286 e. The molecule has 0 N–H and O–H groups in total. The van der Waals surface area contributed by atoms with Gasteiger partial charge >= 0.3 is 0 Å². The van der Waals surface area contributed by atoms with Crippen LogP contribution >= 0.6 is 15.9 Å². The lowest BCUT2D eigenvalue weighted by Gasteiger charge is -2.27. The fraction of sp³-hybridized carbons (Fsp3) is 0.375. The summed E-state index contributed by atoms with van der Waals surface area (Å²) in [6.07, 6.45) is 0. The highest BCUT2D eigenvalue weighted by atomic mass is 79.9. The molecule has 0 unspecified atom stereocenters. The number of hydrogen-bond donors (Lipinski definition) is 0. The maximum atomic E-state index is 13.0. The van der Waals surface area contributed by atoms with Gasteiger partial charge in [-0.1, -0.05) is 37.3 Å². The van der Waals surface area contributed by atoms with E-state index in [0.29, 0.717) is 17.6 Å². The molecule has 0 spiro atoms. The second-order valence-corrected chi connectivity index (χ2v) is 8.18. The molecule has 0 fully saturated rings. The van der Waals surface area contributed by atoms with Gasteiger partial charge in [-0.05, 0) is 53.7 Å². The molecule has 0 saturated carbocycles. The van der Waals surface area contributed by atoms with Crippen LogP contribution in [-0.4, -0.2) is 48.1 Å². The molecule has 31 heavy (non-hydrogen) atoms. The van der Waals surface area contributed by atoms with E-state index in [9.17, 15) is 4.79 Å². The van der Waals surface area contributed by atoms with Gasteiger partial charge in [-0.15, -0.1) is 0 Å². The number of halogens is 1. The van der Waals surface area contributed by atoms with Crippen molar-refractivity contribution >= 4 is 21.6 Å². The summed E-state index contributed by atoms with van der Waals surface area (Å²) in [6, 6.07) is 17.8. The SMILES string of the molecule is CCN(CCN(C)c1ccccc1OC)Cc1c(Br)c(=O)n(-c2ccccc2)n1CC. The molecule has 2 aromatic carbocycles. The van der Waals surface area contributed by atoms with E-state index in [0.717, 1.165) is 42.5 Å². The molecule has 3 aromatic rings. The van der Waals surface area contributed by atoms with Gasteiger partial charge < -0.3 is 9.64 Å². The lowest BCUT2D eigenvalue weighted by atomic mass is 10.2. The zero-order chi connectivity index (χ0) is 22.4. The van der Waals surface area contributed by atoms with Crippen molar-refractivity contribution in [3.8, 4) is 11.4 Å². The second-order valence-electron chi connectivity index (χ2n) is 7.39. The van der Waals surface area contributed by atoms with Crippen molar-refractivity contribution in [1.29, 1.82) is 0 Å². The van der Waals surface area contributed by atoms with Crippen LogP contribution in [0.5, 0.6) is 5.75 Å². The lowest BCUT2D eigenvalue weighted by molar-refractivity contribution is 0.275. The molecular formula is C24H31BrN4O2. The number of likely N-dealkylation sites (N-methyl/N-ethyl adjacent to an activating group) is 2. The quantitative estimate of drug-likeness (QED) is 0.426. The fourth-order valence-electron chi connectivity index (χ4n) is 3.79. The Bertz CT molecular complexity index is 1050. The Morgan fingerprint density at radius 1 is 1.00 bits per heavy atom. The van der Waals surface area contributed by atoms with Crippen molar-refractivity contribution in [3.63, 3.8) is 0 Å². The molecule has 3 rings (SSSR count). The number of nitrogens with zero attached hydrogens (tertiary/aromatic N) is 4. The Morgan fingerprint density at radius 2 is 1.68 bits per heavy atom. The van der Waals surface area contributed by atoms with Crippen molar-refractivity contribution in [2.45, 2.75) is 26.9 Å². The first kappa shape index (κ1) is 23.2. The summed E-state index contributed by atoms with van der Waals surface area (Å²) in [5.74, 6) is 0.871. The van der Waals surface area contributed by atoms with Gasteiger partial charge in [-0.25, -0.2) is 4.68 Å². The topological polar surface area (TPSA) is 42.6 Å². The fourth-order valence-corrected chi connectivity index (χ4v) is 4.29. The van der Waals surface area contributed by atoms with Crippen molar-refractivity contribution in [1.82, 2.24) is 14.3 Å². The molecule has 0 radical (unpaired) electrons. The largest absolute Gasteiger partial charge is 0.495 e. The molecule has 0 aliphatic rings. The monoisotopic (exact) mass is 486 g/mol. The van der Waals surface area contributed by atoms with Gasteiger partial charge in [0.25, 0.3) is 5.56 Å². The zero-order valence-corrected chi connectivity index (χ0v) is 20.3. The van der Waals surface area contributed by atoms with Crippen LogP contribution < -0.4 is 15.2 Å². The van der Waals surface area contributed by atoms with Crippen molar-refractivity contribution < 1.29 is 4.74 Å². The van der Waals surface area contributed by atoms with Crippen LogP contribution in [0.1, 0.15) is 19.5 Å². The molecular weight excluding hydrogens is 456 g/mol. The predicted octanol–water partition coefficient (Wildman–Crippen LogP) is 4.39. The molecule has 0 atom stereocenters. The Hall–Kier alpha value is -2.51. The summed E-state index contributed by atoms with van der Waals surface area (Å²) in [5, 5.41) is 0. The predicted molar refractivity (Wildman–Crippen MR) is 131 cm³/mol. The van der Waals surface area contributed by atoms with E-state index in [-0.39, 0.29) is 5.56 Å². The Morgan fingerprint density at radius 3 is 2.32 bits per heavy atom. The normalized spacial score (nSPS) is 11.2. The summed E-state index contributed by atoms with van der Waals surface area (Å²) < 4.78 is 9.95. The number of hydrogen-bond acceptors (Lipinski definition) is 4. The van der Waals surface area contributed by atoms with Crippen LogP contribution in [0.4, 0.5) is 5.69 Å². The van der Waals surface area contributed by atoms with Crippen molar-refractivity contribution in [2.75, 3.05) is 38.7 Å². The Balaban J connectivity index is 1.80. The van der Waals surface area contributed by atoms with E-state index < -0.39 is 0 Å². The minimum Gasteiger partial charge on any atom is -0.495 e. The molecule has 0 aliphatic heterocycles. The van der Waals surface area contributed by atoms with Crippen LogP contribution in [0.15, 0.2) is 63.9 Å². The molecule has 0 aliphatic carbocycles. The highest BCUT2D eigenvalue weighted by molar-refractivity contribution is 9.10. The number of methoxy groups -OCH3 is 1. The summed E-state index contributed by atoms with van der Waals surface area (Å²) in [4.78, 5) is 17.6. The van der Waals surface area contributed by atoms with E-state index in [1.54, 1.807) is 11.8 Å². The molecule has 0 amide bonds. The molecule has 166 valence electrons. The average Bonchev–Trinajstić information content (AvgIpc) is 3.05. The highest BCUT2D eigenvalue weighted by Crippen LogP contribution is 2.26. The van der Waals surface area contributed by atoms with Crippen molar-refractivity contribution in [3.05, 3.63) is 75.1 Å². The van der Waals surface area contributed by atoms with Crippen LogP contribution in [0.25, 0.3) is 5.69 Å². The number of benzene rings is 2. The summed E-state index contributed by atoms with van der Waals surface area (Å²) >= 11 is 3.58. The maximum Gasteiger partial charge on any atom is 0.286 e. The van der Waals surface area contributed by atoms with E-state index in [1.165, 1.54) is 0 Å². The Kier molecular flexibility index (Phi) is 7.98. The number of anilines is 1. The van der Waals surface area contributed by atoms with Crippen LogP contribution in [0.2, 0.25) is 0 Å². The van der Waals surface area contributed by atoms with Crippen molar-refractivity contribution in [2.24, 2.45) is 0 Å². The molecule has 0 saturated heterocycles. The third kappa shape index (κ3) is 5.05. The molecule has 7 heteroatoms. The molecule has 0 bridgehead atoms. The first-order valence-electron chi connectivity index (χ1n) is 10.6. The molecule has 1 aromatic heterocycles. The third-order valence-corrected chi connectivity index (χ3v) is 6.35. The standard InChI is InChI=1S/C24H31BrN4O2/c1-5-27(17-16-26(3)20-14-10-11-15-22(20)31-4)18-21-23(25)24(30)29(28(21)6-2)19-12-8-7-9-13-19/h7-15H,5-6,16-18H2,1-4H3. The third-order valence-electron chi connectivity index (χ3n) is 5.56. The number of ether oxygens (including phenoxy) is 1. The average molecular weight is 487 g/mol. The van der Waals surface area contributed by atoms with Crippen LogP contribution in [0, 0.1) is 0 Å². The minimum absolute atomic E-state index is 0.0229. The first-order chi connectivity index (χ1) is 15.0. The molecule has 6 nitrogen and oxygen atoms in total. The van der Waals surface area contributed by atoms with E-state index in [1.807, 2.05) is 48.5 Å². The van der Waals surface area contributed by atoms with E-state index >= 15 is 0 Å². The van der Waals surface area contributed by atoms with Crippen LogP contribution in [0.3, 0.4) is 0 Å². The van der Waals surface area contributed by atoms with Gasteiger partial charge in [-0.2, -0.15) is 0 Å². The van der Waals surface area contributed by atoms with Gasteiger partial charge in [0.2, 0.25) is 0 Å². The number of aromatic nitrogens is 2. The Labute approximate surface area is 192 Å². The van der Waals surface area contributed by atoms with E-state index in [4.69, 9.17) is 4.74 Å². The first-order valence-corrected chi connectivity index (χ1v) is 11.4. The van der Waals surface area contributed by atoms with Gasteiger partial charge in [0.05, 0.1) is 24.2 Å². The number of para-hydroxylation sites is 3. The summed E-state index contributed by atoms with van der Waals surface area (Å²) in [6.45, 7) is 8.23. The van der Waals surface area contributed by atoms with Crippen LogP contribution in [-0.2, 0) is 13.1 Å². The zero-order valence-electron chi connectivity index (χ0n) is 18.7. The van der Waals surface area contributed by atoms with Gasteiger partial charge in [0.1, 0.15) is 10.2 Å². The van der Waals surface area contributed by atoms with Gasteiger partial charge in [-0.3, -0.25) is 14.4 Å². The lowest BCUT2D eigenvalue weighted by Crippen LogP contribution is -2.34. The van der Waals surface area contributed by atoms with E-state index in [2.05, 4.69) is 57.4 Å². The minimum atomic E-state index is -0.0229. The second kappa shape index (κ2) is 10.7. The van der Waals surface area contributed by atoms with Gasteiger partial charge in [0, 0.05) is 33.2 Å². The highest BCUT2D eigenvalue weighted by Gasteiger charge is 2.20. The molecule has 1 heterocycles. The summed E-state index contributed by atoms with van der Waals surface area (Å²) in [7, 11) is 3.78. The maximum absolute atomic E-state index is 13.0.